The molecule has 0 aliphatic carbocycles. The topological polar surface area (TPSA) is 25.8 Å². The van der Waals surface area contributed by atoms with E-state index < -0.39 is 0 Å². The summed E-state index contributed by atoms with van der Waals surface area (Å²) in [5.41, 5.74) is 0. The molecule has 2 nitrogen and oxygen atoms in total. The maximum atomic E-state index is 4.54. The van der Waals surface area contributed by atoms with Crippen LogP contribution in [0.25, 0.3) is 0 Å². The van der Waals surface area contributed by atoms with Gasteiger partial charge in [0.25, 0.3) is 0 Å². The number of hydrogen-bond donors (Lipinski definition) is 0. The summed E-state index contributed by atoms with van der Waals surface area (Å²) in [4.78, 5) is 9.09. The molecule has 1 aromatic rings. The van der Waals surface area contributed by atoms with Crippen LogP contribution in [0.15, 0.2) is 45.4 Å². The summed E-state index contributed by atoms with van der Waals surface area (Å²) in [7, 11) is 0. The average Bonchev–Trinajstić information content (AvgIpc) is 3.43. The van der Waals surface area contributed by atoms with Gasteiger partial charge in [-0.1, -0.05) is 0 Å². The van der Waals surface area contributed by atoms with Crippen LogP contribution in [0.3, 0.4) is 0 Å². The molecule has 1 aromatic heterocycles. The molecule has 12 heteroatoms. The van der Waals surface area contributed by atoms with Crippen molar-refractivity contribution in [3.8, 4) is 0 Å². The molecular formula is C16H12N2S8Se2. The minimum atomic E-state index is 0.370. The van der Waals surface area contributed by atoms with Crippen LogP contribution in [-0.2, 0) is 0 Å². The van der Waals surface area contributed by atoms with Crippen molar-refractivity contribution in [1.82, 2.24) is 9.97 Å². The standard InChI is InChI=1S/C16H12N2S8Se2/c1-3-19-9-10(20-4-2)22-11(21-9)12-23-13-14(24-12)26-15(25-13)16-27-7-8(28-16)18-6-5-17-7/h5-6H,3-4H2,1-2H3. The first-order valence-corrected chi connectivity index (χ1v) is 18.5. The zero-order valence-electron chi connectivity index (χ0n) is 14.5. The van der Waals surface area contributed by atoms with E-state index in [0.717, 1.165) is 11.5 Å². The van der Waals surface area contributed by atoms with Crippen molar-refractivity contribution in [2.45, 2.75) is 13.8 Å². The number of nitrogens with zero attached hydrogens (tertiary/aromatic N) is 2. The van der Waals surface area contributed by atoms with Gasteiger partial charge in [-0.05, 0) is 0 Å². The molecule has 146 valence electrons. The van der Waals surface area contributed by atoms with Gasteiger partial charge in [-0.25, -0.2) is 0 Å². The summed E-state index contributed by atoms with van der Waals surface area (Å²) in [6, 6.07) is 0. The van der Waals surface area contributed by atoms with E-state index in [4.69, 9.17) is 0 Å². The normalized spacial score (nSPS) is 21.5. The van der Waals surface area contributed by atoms with Crippen molar-refractivity contribution in [3.05, 3.63) is 45.4 Å². The van der Waals surface area contributed by atoms with Crippen molar-refractivity contribution in [3.63, 3.8) is 0 Å². The molecule has 5 heterocycles. The quantitative estimate of drug-likeness (QED) is 0.385. The molecule has 4 aliphatic heterocycles. The summed E-state index contributed by atoms with van der Waals surface area (Å²) in [6.07, 6.45) is 3.67. The summed E-state index contributed by atoms with van der Waals surface area (Å²) >= 11 is 16.7. The van der Waals surface area contributed by atoms with E-state index in [1.165, 1.54) is 38.8 Å². The van der Waals surface area contributed by atoms with Crippen molar-refractivity contribution in [2.24, 2.45) is 0 Å². The summed E-state index contributed by atoms with van der Waals surface area (Å²) in [5.74, 6) is 2.29. The molecular weight excluding hydrogens is 635 g/mol. The predicted molar refractivity (Wildman–Crippen MR) is 143 cm³/mol. The Morgan fingerprint density at radius 2 is 1.11 bits per heavy atom. The molecule has 28 heavy (non-hydrogen) atoms. The number of rotatable bonds is 4. The molecule has 0 amide bonds. The first-order valence-electron chi connectivity index (χ1n) is 8.21. The SMILES string of the molecule is CCSC1=C(SCC)SC(=C2SC3=C(S2)SC(=C2[Se]c4nccnc4[Se]2)S3)S1. The molecule has 0 saturated heterocycles. The second kappa shape index (κ2) is 9.79. The zero-order valence-corrected chi connectivity index (χ0v) is 24.5. The third-order valence-electron chi connectivity index (χ3n) is 3.34. The second-order valence-electron chi connectivity index (χ2n) is 5.15. The molecule has 4 aliphatic rings. The molecule has 0 spiro atoms. The second-order valence-corrected chi connectivity index (χ2v) is 21.1. The molecule has 0 atom stereocenters. The van der Waals surface area contributed by atoms with E-state index in [-0.39, 0.29) is 0 Å². The number of aromatic nitrogens is 2. The first kappa shape index (κ1) is 21.7. The Balaban J connectivity index is 1.27. The third kappa shape index (κ3) is 4.50. The molecule has 0 N–H and O–H groups in total. The van der Waals surface area contributed by atoms with Gasteiger partial charge in [-0.15, -0.1) is 0 Å². The van der Waals surface area contributed by atoms with Gasteiger partial charge in [-0.2, -0.15) is 0 Å². The Hall–Kier alpha value is 1.88. The Morgan fingerprint density at radius 3 is 1.57 bits per heavy atom. The van der Waals surface area contributed by atoms with Crippen LogP contribution in [0.4, 0.5) is 0 Å². The first-order chi connectivity index (χ1) is 13.7. The van der Waals surface area contributed by atoms with E-state index in [0.29, 0.717) is 29.9 Å². The van der Waals surface area contributed by atoms with Crippen molar-refractivity contribution in [2.75, 3.05) is 11.5 Å². The molecule has 0 bridgehead atoms. The number of hydrogen-bond acceptors (Lipinski definition) is 10. The third-order valence-corrected chi connectivity index (χ3v) is 22.1. The van der Waals surface area contributed by atoms with Gasteiger partial charge in [-0.3, -0.25) is 0 Å². The molecule has 0 unspecified atom stereocenters. The van der Waals surface area contributed by atoms with Crippen molar-refractivity contribution < 1.29 is 0 Å². The van der Waals surface area contributed by atoms with Gasteiger partial charge in [0.2, 0.25) is 0 Å². The number of fused-ring (bicyclic) bond motifs is 1. The van der Waals surface area contributed by atoms with Gasteiger partial charge < -0.3 is 0 Å². The van der Waals surface area contributed by atoms with Crippen LogP contribution in [0.1, 0.15) is 13.8 Å². The van der Waals surface area contributed by atoms with Crippen LogP contribution in [0, 0.1) is 0 Å². The van der Waals surface area contributed by atoms with E-state index in [1.54, 1.807) is 3.37 Å². The van der Waals surface area contributed by atoms with Gasteiger partial charge in [0.15, 0.2) is 0 Å². The summed E-state index contributed by atoms with van der Waals surface area (Å²) < 4.78 is 14.6. The van der Waals surface area contributed by atoms with Crippen LogP contribution >= 0.6 is 94.1 Å². The van der Waals surface area contributed by atoms with Gasteiger partial charge in [0, 0.05) is 0 Å². The Bertz CT molecular complexity index is 902. The maximum absolute atomic E-state index is 4.54. The fourth-order valence-corrected chi connectivity index (χ4v) is 21.5. The minimum absolute atomic E-state index is 0.370. The fourth-order valence-electron chi connectivity index (χ4n) is 2.28. The molecule has 0 saturated carbocycles. The van der Waals surface area contributed by atoms with Gasteiger partial charge in [0.05, 0.1) is 0 Å². The Labute approximate surface area is 211 Å². The van der Waals surface area contributed by atoms with Crippen molar-refractivity contribution >= 4 is 133 Å². The average molecular weight is 647 g/mol. The Morgan fingerprint density at radius 1 is 0.679 bits per heavy atom. The summed E-state index contributed by atoms with van der Waals surface area (Å²) in [6.45, 7) is 4.49. The number of thioether (sulfide) groups is 8. The predicted octanol–water partition coefficient (Wildman–Crippen LogP) is 5.60. The van der Waals surface area contributed by atoms with E-state index in [9.17, 15) is 0 Å². The molecule has 0 aromatic carbocycles. The van der Waals surface area contributed by atoms with Gasteiger partial charge in [0.1, 0.15) is 0 Å². The molecule has 0 fully saturated rings. The van der Waals surface area contributed by atoms with Crippen molar-refractivity contribution in [1.29, 1.82) is 0 Å². The fraction of sp³-hybridized carbons (Fsp3) is 0.250. The Kier molecular flexibility index (Phi) is 7.59. The van der Waals surface area contributed by atoms with E-state index >= 15 is 0 Å². The monoisotopic (exact) mass is 648 g/mol. The van der Waals surface area contributed by atoms with Gasteiger partial charge >= 0.3 is 214 Å². The van der Waals surface area contributed by atoms with Crippen LogP contribution < -0.4 is 9.18 Å². The van der Waals surface area contributed by atoms with Crippen LogP contribution in [0.2, 0.25) is 0 Å². The molecule has 5 rings (SSSR count). The van der Waals surface area contributed by atoms with E-state index in [2.05, 4.69) is 23.8 Å². The summed E-state index contributed by atoms with van der Waals surface area (Å²) in [5, 5.41) is 0. The van der Waals surface area contributed by atoms with Crippen LogP contribution in [-0.4, -0.2) is 51.4 Å². The van der Waals surface area contributed by atoms with E-state index in [1.807, 2.05) is 106 Å². The molecule has 0 radical (unpaired) electrons. The zero-order chi connectivity index (χ0) is 19.1. The van der Waals surface area contributed by atoms with Crippen LogP contribution in [0.5, 0.6) is 0 Å².